The molecule has 0 aliphatic carbocycles. The van der Waals surface area contributed by atoms with Gasteiger partial charge >= 0.3 is 5.97 Å². The predicted molar refractivity (Wildman–Crippen MR) is 104 cm³/mol. The van der Waals surface area contributed by atoms with E-state index in [2.05, 4.69) is 34.7 Å². The van der Waals surface area contributed by atoms with E-state index >= 15 is 0 Å². The van der Waals surface area contributed by atoms with Gasteiger partial charge in [-0.2, -0.15) is 0 Å². The molecule has 0 saturated carbocycles. The van der Waals surface area contributed by atoms with Crippen LogP contribution in [0, 0.1) is 5.41 Å². The minimum absolute atomic E-state index is 0.0998. The molecule has 142 valence electrons. The fourth-order valence-electron chi connectivity index (χ4n) is 3.46. The molecule has 5 heteroatoms. The Morgan fingerprint density at radius 2 is 1.96 bits per heavy atom. The van der Waals surface area contributed by atoms with Crippen LogP contribution in [0.3, 0.4) is 0 Å². The van der Waals surface area contributed by atoms with Gasteiger partial charge in [-0.15, -0.1) is 0 Å². The Kier molecular flexibility index (Phi) is 7.39. The van der Waals surface area contributed by atoms with E-state index in [9.17, 15) is 9.59 Å². The van der Waals surface area contributed by atoms with Gasteiger partial charge in [-0.3, -0.25) is 9.59 Å². The van der Waals surface area contributed by atoms with Crippen LogP contribution >= 0.6 is 0 Å². The van der Waals surface area contributed by atoms with Gasteiger partial charge in [0.15, 0.2) is 0 Å². The molecule has 2 rings (SSSR count). The quantitative estimate of drug-likeness (QED) is 0.365. The SMILES string of the molecule is CCOC(=O)C(CC)(CCCNCCc1c[nH]c2ccccc12)C(C)=O. The Morgan fingerprint density at radius 3 is 2.65 bits per heavy atom. The fourth-order valence-corrected chi connectivity index (χ4v) is 3.46. The largest absolute Gasteiger partial charge is 0.465 e. The molecule has 0 aliphatic heterocycles. The Morgan fingerprint density at radius 1 is 1.19 bits per heavy atom. The number of para-hydroxylation sites is 1. The number of benzene rings is 1. The first kappa shape index (κ1) is 20.2. The van der Waals surface area contributed by atoms with Crippen LogP contribution in [0.25, 0.3) is 10.9 Å². The summed E-state index contributed by atoms with van der Waals surface area (Å²) in [5.41, 5.74) is 1.46. The van der Waals surface area contributed by atoms with Gasteiger partial charge in [0.1, 0.15) is 11.2 Å². The summed E-state index contributed by atoms with van der Waals surface area (Å²) in [6.45, 7) is 7.08. The van der Waals surface area contributed by atoms with Gasteiger partial charge in [-0.05, 0) is 64.3 Å². The second-order valence-electron chi connectivity index (χ2n) is 6.68. The molecule has 26 heavy (non-hydrogen) atoms. The molecule has 1 atom stereocenters. The van der Waals surface area contributed by atoms with Crippen LogP contribution in [0.2, 0.25) is 0 Å². The lowest BCUT2D eigenvalue weighted by Crippen LogP contribution is -2.39. The molecule has 1 heterocycles. The van der Waals surface area contributed by atoms with E-state index in [0.717, 1.165) is 31.4 Å². The van der Waals surface area contributed by atoms with Crippen LogP contribution < -0.4 is 5.32 Å². The number of H-pyrrole nitrogens is 1. The van der Waals surface area contributed by atoms with Crippen molar-refractivity contribution < 1.29 is 14.3 Å². The van der Waals surface area contributed by atoms with Gasteiger partial charge in [0.25, 0.3) is 0 Å². The van der Waals surface area contributed by atoms with Crippen LogP contribution in [0.4, 0.5) is 0 Å². The number of esters is 1. The van der Waals surface area contributed by atoms with Gasteiger partial charge in [0.2, 0.25) is 0 Å². The maximum atomic E-state index is 12.3. The van der Waals surface area contributed by atoms with Crippen LogP contribution in [0.5, 0.6) is 0 Å². The number of carbonyl (C=O) groups excluding carboxylic acids is 2. The average molecular weight is 358 g/mol. The molecule has 1 aromatic carbocycles. The molecule has 0 bridgehead atoms. The Hall–Kier alpha value is -2.14. The highest BCUT2D eigenvalue weighted by atomic mass is 16.5. The molecule has 1 unspecified atom stereocenters. The summed E-state index contributed by atoms with van der Waals surface area (Å²) < 4.78 is 5.14. The van der Waals surface area contributed by atoms with Gasteiger partial charge in [-0.1, -0.05) is 25.1 Å². The number of hydrogen-bond acceptors (Lipinski definition) is 4. The molecule has 1 aromatic heterocycles. The number of aromatic amines is 1. The van der Waals surface area contributed by atoms with Gasteiger partial charge < -0.3 is 15.0 Å². The minimum Gasteiger partial charge on any atom is -0.465 e. The highest BCUT2D eigenvalue weighted by molar-refractivity contribution is 6.02. The number of hydrogen-bond donors (Lipinski definition) is 2. The van der Waals surface area contributed by atoms with Crippen LogP contribution in [0.15, 0.2) is 30.5 Å². The summed E-state index contributed by atoms with van der Waals surface area (Å²) in [6.07, 6.45) is 4.77. The molecule has 0 radical (unpaired) electrons. The molecular weight excluding hydrogens is 328 g/mol. The summed E-state index contributed by atoms with van der Waals surface area (Å²) in [7, 11) is 0. The van der Waals surface area contributed by atoms with Gasteiger partial charge in [0, 0.05) is 17.1 Å². The van der Waals surface area contributed by atoms with Crippen molar-refractivity contribution in [3.8, 4) is 0 Å². The second-order valence-corrected chi connectivity index (χ2v) is 6.68. The molecule has 5 nitrogen and oxygen atoms in total. The zero-order valence-electron chi connectivity index (χ0n) is 16.1. The maximum Gasteiger partial charge on any atom is 0.319 e. The fraction of sp³-hybridized carbons (Fsp3) is 0.524. The summed E-state index contributed by atoms with van der Waals surface area (Å²) in [6, 6.07) is 8.28. The molecular formula is C21H30N2O3. The average Bonchev–Trinajstić information content (AvgIpc) is 3.04. The lowest BCUT2D eigenvalue weighted by Gasteiger charge is -2.27. The smallest absolute Gasteiger partial charge is 0.319 e. The number of fused-ring (bicyclic) bond motifs is 1. The maximum absolute atomic E-state index is 12.3. The first-order valence-corrected chi connectivity index (χ1v) is 9.49. The van der Waals surface area contributed by atoms with E-state index in [-0.39, 0.29) is 11.8 Å². The lowest BCUT2D eigenvalue weighted by molar-refractivity contribution is -0.160. The van der Waals surface area contributed by atoms with Crippen LogP contribution in [-0.2, 0) is 20.7 Å². The number of Topliss-reactive ketones (excluding diaryl/α,β-unsaturated/α-hetero) is 1. The van der Waals surface area contributed by atoms with E-state index in [1.807, 2.05) is 13.0 Å². The summed E-state index contributed by atoms with van der Waals surface area (Å²) >= 11 is 0. The number of carbonyl (C=O) groups is 2. The normalized spacial score (nSPS) is 13.5. The van der Waals surface area contributed by atoms with Crippen molar-refractivity contribution in [1.29, 1.82) is 0 Å². The third-order valence-electron chi connectivity index (χ3n) is 5.15. The van der Waals surface area contributed by atoms with Gasteiger partial charge in [0.05, 0.1) is 6.61 Å². The third-order valence-corrected chi connectivity index (χ3v) is 5.15. The van der Waals surface area contributed by atoms with Crippen molar-refractivity contribution in [2.75, 3.05) is 19.7 Å². The Balaban J connectivity index is 1.79. The standard InChI is InChI=1S/C21H30N2O3/c1-4-21(16(3)24,20(25)26-5-2)12-8-13-22-14-11-17-15-23-19-10-7-6-9-18(17)19/h6-7,9-10,15,22-23H,4-5,8,11-14H2,1-3H3. The number of rotatable bonds is 11. The van der Waals surface area contributed by atoms with Crippen molar-refractivity contribution in [2.24, 2.45) is 5.41 Å². The molecule has 0 amide bonds. The number of nitrogens with one attached hydrogen (secondary N) is 2. The van der Waals surface area contributed by atoms with E-state index in [0.29, 0.717) is 19.4 Å². The monoisotopic (exact) mass is 358 g/mol. The van der Waals surface area contributed by atoms with Crippen LogP contribution in [0.1, 0.15) is 45.6 Å². The highest BCUT2D eigenvalue weighted by Crippen LogP contribution is 2.31. The van der Waals surface area contributed by atoms with E-state index in [4.69, 9.17) is 4.74 Å². The van der Waals surface area contributed by atoms with Crippen molar-refractivity contribution >= 4 is 22.7 Å². The predicted octanol–water partition coefficient (Wildman–Crippen LogP) is 3.63. The summed E-state index contributed by atoms with van der Waals surface area (Å²) in [5.74, 6) is -0.481. The number of aromatic nitrogens is 1. The Bertz CT molecular complexity index is 738. The first-order chi connectivity index (χ1) is 12.5. The molecule has 0 saturated heterocycles. The molecule has 2 N–H and O–H groups in total. The van der Waals surface area contributed by atoms with Crippen molar-refractivity contribution in [3.05, 3.63) is 36.0 Å². The number of ether oxygens (including phenoxy) is 1. The lowest BCUT2D eigenvalue weighted by atomic mass is 9.77. The summed E-state index contributed by atoms with van der Waals surface area (Å²) in [4.78, 5) is 27.6. The van der Waals surface area contributed by atoms with E-state index < -0.39 is 5.41 Å². The Labute approximate surface area is 155 Å². The van der Waals surface area contributed by atoms with Crippen molar-refractivity contribution in [2.45, 2.75) is 46.5 Å². The summed E-state index contributed by atoms with van der Waals surface area (Å²) in [5, 5.41) is 4.68. The van der Waals surface area contributed by atoms with E-state index in [1.54, 1.807) is 6.92 Å². The zero-order chi connectivity index (χ0) is 19.0. The molecule has 2 aromatic rings. The molecule has 0 spiro atoms. The molecule has 0 fully saturated rings. The van der Waals surface area contributed by atoms with Gasteiger partial charge in [-0.25, -0.2) is 0 Å². The van der Waals surface area contributed by atoms with Crippen molar-refractivity contribution in [1.82, 2.24) is 10.3 Å². The first-order valence-electron chi connectivity index (χ1n) is 9.49. The molecule has 0 aliphatic rings. The van der Waals surface area contributed by atoms with E-state index in [1.165, 1.54) is 17.9 Å². The minimum atomic E-state index is -0.992. The van der Waals surface area contributed by atoms with Crippen molar-refractivity contribution in [3.63, 3.8) is 0 Å². The highest BCUT2D eigenvalue weighted by Gasteiger charge is 2.42. The second kappa shape index (κ2) is 9.53. The third kappa shape index (κ3) is 4.52. The van der Waals surface area contributed by atoms with Crippen LogP contribution in [-0.4, -0.2) is 36.4 Å². The number of ketones is 1. The topological polar surface area (TPSA) is 71.2 Å². The zero-order valence-corrected chi connectivity index (χ0v) is 16.1.